The van der Waals surface area contributed by atoms with Crippen LogP contribution >= 0.6 is 0 Å². The van der Waals surface area contributed by atoms with Crippen LogP contribution in [0.4, 0.5) is 4.39 Å². The van der Waals surface area contributed by atoms with Gasteiger partial charge in [-0.25, -0.2) is 4.39 Å². The van der Waals surface area contributed by atoms with Crippen LogP contribution in [0.3, 0.4) is 0 Å². The van der Waals surface area contributed by atoms with Crippen molar-refractivity contribution in [2.24, 2.45) is 0 Å². The first kappa shape index (κ1) is 14.1. The molecule has 17 heavy (non-hydrogen) atoms. The van der Waals surface area contributed by atoms with E-state index in [2.05, 4.69) is 31.2 Å². The summed E-state index contributed by atoms with van der Waals surface area (Å²) in [6, 6.07) is 6.99. The SMILES string of the molecule is CC(NCCCCN(C)C)c1ccc(F)cc1. The number of nitrogens with one attached hydrogen (secondary N) is 1. The van der Waals surface area contributed by atoms with E-state index in [-0.39, 0.29) is 11.9 Å². The first-order valence-corrected chi connectivity index (χ1v) is 6.23. The highest BCUT2D eigenvalue weighted by molar-refractivity contribution is 5.19. The third-order valence-corrected chi connectivity index (χ3v) is 2.85. The highest BCUT2D eigenvalue weighted by atomic mass is 19.1. The van der Waals surface area contributed by atoms with E-state index in [0.29, 0.717) is 0 Å². The molecule has 0 spiro atoms. The van der Waals surface area contributed by atoms with Crippen molar-refractivity contribution in [1.29, 1.82) is 0 Å². The molecule has 0 radical (unpaired) electrons. The molecule has 0 amide bonds. The van der Waals surface area contributed by atoms with Gasteiger partial charge in [-0.05, 0) is 64.6 Å². The Bertz CT molecular complexity index is 309. The van der Waals surface area contributed by atoms with Gasteiger partial charge in [0.25, 0.3) is 0 Å². The lowest BCUT2D eigenvalue weighted by Crippen LogP contribution is -2.21. The second-order valence-corrected chi connectivity index (χ2v) is 4.74. The summed E-state index contributed by atoms with van der Waals surface area (Å²) in [5.41, 5.74) is 1.14. The molecule has 0 heterocycles. The second-order valence-electron chi connectivity index (χ2n) is 4.74. The van der Waals surface area contributed by atoms with E-state index in [1.807, 2.05) is 12.1 Å². The molecular weight excluding hydrogens is 215 g/mol. The minimum Gasteiger partial charge on any atom is -0.310 e. The highest BCUT2D eigenvalue weighted by Crippen LogP contribution is 2.12. The monoisotopic (exact) mass is 238 g/mol. The maximum absolute atomic E-state index is 12.8. The Labute approximate surface area is 104 Å². The lowest BCUT2D eigenvalue weighted by Gasteiger charge is -2.15. The summed E-state index contributed by atoms with van der Waals surface area (Å²) in [6.07, 6.45) is 2.37. The molecule has 0 bridgehead atoms. The highest BCUT2D eigenvalue weighted by Gasteiger charge is 2.03. The van der Waals surface area contributed by atoms with E-state index in [1.54, 1.807) is 0 Å². The van der Waals surface area contributed by atoms with Crippen molar-refractivity contribution in [1.82, 2.24) is 10.2 Å². The summed E-state index contributed by atoms with van der Waals surface area (Å²) in [5, 5.41) is 3.45. The van der Waals surface area contributed by atoms with Gasteiger partial charge in [-0.15, -0.1) is 0 Å². The maximum atomic E-state index is 12.8. The molecule has 0 aliphatic carbocycles. The van der Waals surface area contributed by atoms with Crippen molar-refractivity contribution in [2.45, 2.75) is 25.8 Å². The molecule has 1 N–H and O–H groups in total. The molecule has 0 saturated heterocycles. The minimum absolute atomic E-state index is 0.174. The Morgan fingerprint density at radius 3 is 2.41 bits per heavy atom. The Kier molecular flexibility index (Phi) is 6.16. The molecule has 1 rings (SSSR count). The summed E-state index contributed by atoms with van der Waals surface area (Å²) < 4.78 is 12.8. The summed E-state index contributed by atoms with van der Waals surface area (Å²) in [5.74, 6) is -0.174. The van der Waals surface area contributed by atoms with Crippen LogP contribution in [0.1, 0.15) is 31.4 Å². The van der Waals surface area contributed by atoms with Gasteiger partial charge in [-0.2, -0.15) is 0 Å². The fraction of sp³-hybridized carbons (Fsp3) is 0.571. The Hall–Kier alpha value is -0.930. The van der Waals surface area contributed by atoms with Gasteiger partial charge >= 0.3 is 0 Å². The van der Waals surface area contributed by atoms with Crippen LogP contribution in [0.15, 0.2) is 24.3 Å². The molecule has 0 aromatic heterocycles. The van der Waals surface area contributed by atoms with Crippen LogP contribution in [0.25, 0.3) is 0 Å². The van der Waals surface area contributed by atoms with Gasteiger partial charge in [0.05, 0.1) is 0 Å². The zero-order valence-corrected chi connectivity index (χ0v) is 11.0. The summed E-state index contributed by atoms with van der Waals surface area (Å²) >= 11 is 0. The number of rotatable bonds is 7. The molecule has 1 aromatic rings. The Morgan fingerprint density at radius 2 is 1.82 bits per heavy atom. The van der Waals surface area contributed by atoms with Gasteiger partial charge < -0.3 is 10.2 Å². The van der Waals surface area contributed by atoms with Crippen LogP contribution in [-0.4, -0.2) is 32.1 Å². The van der Waals surface area contributed by atoms with Gasteiger partial charge in [0.15, 0.2) is 0 Å². The van der Waals surface area contributed by atoms with E-state index in [0.717, 1.165) is 18.7 Å². The van der Waals surface area contributed by atoms with Crippen LogP contribution < -0.4 is 5.32 Å². The fourth-order valence-electron chi connectivity index (χ4n) is 1.74. The van der Waals surface area contributed by atoms with E-state index >= 15 is 0 Å². The number of benzene rings is 1. The second kappa shape index (κ2) is 7.41. The summed E-state index contributed by atoms with van der Waals surface area (Å²) in [7, 11) is 4.18. The number of halogens is 1. The van der Waals surface area contributed by atoms with E-state index in [9.17, 15) is 4.39 Å². The smallest absolute Gasteiger partial charge is 0.123 e. The van der Waals surface area contributed by atoms with Crippen LogP contribution in [0.5, 0.6) is 0 Å². The Morgan fingerprint density at radius 1 is 1.18 bits per heavy atom. The van der Waals surface area contributed by atoms with Crippen molar-refractivity contribution in [3.63, 3.8) is 0 Å². The molecule has 0 aliphatic heterocycles. The predicted molar refractivity (Wildman–Crippen MR) is 70.6 cm³/mol. The maximum Gasteiger partial charge on any atom is 0.123 e. The van der Waals surface area contributed by atoms with E-state index in [1.165, 1.54) is 25.0 Å². The Balaban J connectivity index is 2.21. The van der Waals surface area contributed by atoms with Crippen LogP contribution in [0.2, 0.25) is 0 Å². The van der Waals surface area contributed by atoms with Gasteiger partial charge in [0.1, 0.15) is 5.82 Å². The molecule has 1 atom stereocenters. The number of nitrogens with zero attached hydrogens (tertiary/aromatic N) is 1. The quantitative estimate of drug-likeness (QED) is 0.735. The average Bonchev–Trinajstić information content (AvgIpc) is 2.29. The fourth-order valence-corrected chi connectivity index (χ4v) is 1.74. The normalized spacial score (nSPS) is 13.0. The van der Waals surface area contributed by atoms with Crippen molar-refractivity contribution in [3.05, 3.63) is 35.6 Å². The standard InChI is InChI=1S/C14H23FN2/c1-12(13-6-8-14(15)9-7-13)16-10-4-5-11-17(2)3/h6-9,12,16H,4-5,10-11H2,1-3H3. The zero-order valence-electron chi connectivity index (χ0n) is 11.0. The summed E-state index contributed by atoms with van der Waals surface area (Å²) in [6.45, 7) is 4.25. The summed E-state index contributed by atoms with van der Waals surface area (Å²) in [4.78, 5) is 2.20. The predicted octanol–water partition coefficient (Wildman–Crippen LogP) is 2.82. The molecule has 0 fully saturated rings. The van der Waals surface area contributed by atoms with Crippen molar-refractivity contribution in [2.75, 3.05) is 27.2 Å². The zero-order chi connectivity index (χ0) is 12.7. The molecule has 0 saturated carbocycles. The van der Waals surface area contributed by atoms with Crippen molar-refractivity contribution in [3.8, 4) is 0 Å². The van der Waals surface area contributed by atoms with Crippen molar-refractivity contribution >= 4 is 0 Å². The molecule has 1 unspecified atom stereocenters. The molecule has 0 aliphatic rings. The first-order chi connectivity index (χ1) is 8.09. The third-order valence-electron chi connectivity index (χ3n) is 2.85. The lowest BCUT2D eigenvalue weighted by molar-refractivity contribution is 0.389. The molecule has 3 heteroatoms. The van der Waals surface area contributed by atoms with Gasteiger partial charge in [0, 0.05) is 6.04 Å². The van der Waals surface area contributed by atoms with Crippen LogP contribution in [0, 0.1) is 5.82 Å². The minimum atomic E-state index is -0.174. The van der Waals surface area contributed by atoms with Crippen LogP contribution in [-0.2, 0) is 0 Å². The largest absolute Gasteiger partial charge is 0.310 e. The number of hydrogen-bond donors (Lipinski definition) is 1. The van der Waals surface area contributed by atoms with E-state index < -0.39 is 0 Å². The molecule has 1 aromatic carbocycles. The first-order valence-electron chi connectivity index (χ1n) is 6.23. The van der Waals surface area contributed by atoms with E-state index in [4.69, 9.17) is 0 Å². The molecule has 2 nitrogen and oxygen atoms in total. The van der Waals surface area contributed by atoms with Crippen molar-refractivity contribution < 1.29 is 4.39 Å². The van der Waals surface area contributed by atoms with Gasteiger partial charge in [-0.3, -0.25) is 0 Å². The average molecular weight is 238 g/mol. The number of unbranched alkanes of at least 4 members (excludes halogenated alkanes) is 1. The number of hydrogen-bond acceptors (Lipinski definition) is 2. The van der Waals surface area contributed by atoms with Gasteiger partial charge in [-0.1, -0.05) is 12.1 Å². The molecular formula is C14H23FN2. The molecule has 96 valence electrons. The lowest BCUT2D eigenvalue weighted by atomic mass is 10.1. The third kappa shape index (κ3) is 5.80. The topological polar surface area (TPSA) is 15.3 Å². The van der Waals surface area contributed by atoms with Gasteiger partial charge in [0.2, 0.25) is 0 Å².